The van der Waals surface area contributed by atoms with Crippen molar-refractivity contribution in [2.75, 3.05) is 0 Å². The zero-order valence-electron chi connectivity index (χ0n) is 12.1. The minimum Gasteiger partial charge on any atom is -0.477 e. The third kappa shape index (κ3) is 2.47. The molecule has 0 fully saturated rings. The van der Waals surface area contributed by atoms with Crippen molar-refractivity contribution in [3.05, 3.63) is 57.4 Å². The lowest BCUT2D eigenvalue weighted by atomic mass is 10.1. The molecule has 0 bridgehead atoms. The fraction of sp³-hybridized carbons (Fsp3) is 0.235. The maximum Gasteiger partial charge on any atom is 0.345 e. The van der Waals surface area contributed by atoms with Crippen molar-refractivity contribution >= 4 is 28.2 Å². The number of thiophene rings is 1. The summed E-state index contributed by atoms with van der Waals surface area (Å²) in [6.45, 7) is 4.86. The zero-order valence-corrected chi connectivity index (χ0v) is 12.9. The van der Waals surface area contributed by atoms with Gasteiger partial charge in [0.15, 0.2) is 0 Å². The molecule has 0 radical (unpaired) electrons. The lowest BCUT2D eigenvalue weighted by molar-refractivity contribution is 0.0702. The topological polar surface area (TPSA) is 42.2 Å². The molecule has 1 N–H and O–H groups in total. The summed E-state index contributed by atoms with van der Waals surface area (Å²) in [5, 5.41) is 10.3. The van der Waals surface area contributed by atoms with Gasteiger partial charge in [-0.1, -0.05) is 25.1 Å². The summed E-state index contributed by atoms with van der Waals surface area (Å²) in [5.41, 5.74) is 3.66. The fourth-order valence-corrected chi connectivity index (χ4v) is 3.60. The van der Waals surface area contributed by atoms with E-state index in [9.17, 15) is 4.79 Å². The summed E-state index contributed by atoms with van der Waals surface area (Å²) in [5.74, 6) is -0.846. The molecule has 4 heteroatoms. The molecule has 0 saturated heterocycles. The summed E-state index contributed by atoms with van der Waals surface area (Å²) >= 11 is 1.35. The van der Waals surface area contributed by atoms with E-state index >= 15 is 0 Å². The number of aryl methyl sites for hydroxylation is 2. The normalized spacial score (nSPS) is 11.1. The highest BCUT2D eigenvalue weighted by molar-refractivity contribution is 7.14. The van der Waals surface area contributed by atoms with Crippen LogP contribution in [0, 0.1) is 6.92 Å². The van der Waals surface area contributed by atoms with Crippen LogP contribution < -0.4 is 0 Å². The van der Waals surface area contributed by atoms with E-state index in [4.69, 9.17) is 5.11 Å². The van der Waals surface area contributed by atoms with Crippen LogP contribution in [0.4, 0.5) is 0 Å². The van der Waals surface area contributed by atoms with E-state index in [1.165, 1.54) is 27.8 Å². The molecular weight excluding hydrogens is 282 g/mol. The Kier molecular flexibility index (Phi) is 3.55. The van der Waals surface area contributed by atoms with Crippen molar-refractivity contribution < 1.29 is 9.90 Å². The number of hydrogen-bond acceptors (Lipinski definition) is 2. The minimum atomic E-state index is -0.846. The summed E-state index contributed by atoms with van der Waals surface area (Å²) in [6.07, 6.45) is 3.08. The lowest BCUT2D eigenvalue weighted by Gasteiger charge is -2.08. The van der Waals surface area contributed by atoms with Gasteiger partial charge in [-0.3, -0.25) is 0 Å². The van der Waals surface area contributed by atoms with Crippen LogP contribution in [0.25, 0.3) is 10.9 Å². The van der Waals surface area contributed by atoms with Gasteiger partial charge in [-0.25, -0.2) is 4.79 Å². The van der Waals surface area contributed by atoms with Gasteiger partial charge in [-0.15, -0.1) is 11.3 Å². The van der Waals surface area contributed by atoms with Crippen LogP contribution in [0.1, 0.15) is 32.6 Å². The van der Waals surface area contributed by atoms with E-state index in [2.05, 4.69) is 42.0 Å². The first-order valence-corrected chi connectivity index (χ1v) is 7.81. The van der Waals surface area contributed by atoms with Gasteiger partial charge in [0.25, 0.3) is 0 Å². The molecule has 3 aromatic rings. The molecule has 1 aromatic carbocycles. The first-order chi connectivity index (χ1) is 10.1. The van der Waals surface area contributed by atoms with Crippen LogP contribution >= 0.6 is 11.3 Å². The number of rotatable bonds is 4. The number of para-hydroxylation sites is 1. The van der Waals surface area contributed by atoms with Crippen molar-refractivity contribution in [3.8, 4) is 0 Å². The number of carboxylic acid groups (broad SMARTS) is 1. The summed E-state index contributed by atoms with van der Waals surface area (Å²) in [4.78, 5) is 12.6. The second kappa shape index (κ2) is 5.37. The minimum absolute atomic E-state index is 0.412. The van der Waals surface area contributed by atoms with Crippen molar-refractivity contribution in [2.45, 2.75) is 26.8 Å². The van der Waals surface area contributed by atoms with Crippen molar-refractivity contribution in [2.24, 2.45) is 0 Å². The van der Waals surface area contributed by atoms with Gasteiger partial charge in [0.2, 0.25) is 0 Å². The standard InChI is InChI=1S/C17H17NO2S/c1-3-12-5-4-6-13-7-8-18(16(12)13)10-14-9-15(17(19)20)21-11(14)2/h4-9H,3,10H2,1-2H3,(H,19,20). The Morgan fingerprint density at radius 3 is 2.76 bits per heavy atom. The Morgan fingerprint density at radius 2 is 2.10 bits per heavy atom. The molecule has 0 amide bonds. The van der Waals surface area contributed by atoms with Crippen LogP contribution in [0.2, 0.25) is 0 Å². The molecule has 3 nitrogen and oxygen atoms in total. The van der Waals surface area contributed by atoms with Crippen molar-refractivity contribution in [3.63, 3.8) is 0 Å². The maximum atomic E-state index is 11.1. The van der Waals surface area contributed by atoms with Crippen LogP contribution in [0.3, 0.4) is 0 Å². The number of nitrogens with zero attached hydrogens (tertiary/aromatic N) is 1. The number of hydrogen-bond donors (Lipinski definition) is 1. The van der Waals surface area contributed by atoms with Crippen LogP contribution in [0.15, 0.2) is 36.5 Å². The Morgan fingerprint density at radius 1 is 1.29 bits per heavy atom. The first-order valence-electron chi connectivity index (χ1n) is 6.99. The number of fused-ring (bicyclic) bond motifs is 1. The molecule has 0 saturated carbocycles. The lowest BCUT2D eigenvalue weighted by Crippen LogP contribution is -2.00. The van der Waals surface area contributed by atoms with E-state index in [1.54, 1.807) is 6.07 Å². The van der Waals surface area contributed by atoms with Gasteiger partial charge in [-0.2, -0.15) is 0 Å². The molecule has 2 aromatic heterocycles. The molecule has 0 unspecified atom stereocenters. The van der Waals surface area contributed by atoms with Gasteiger partial charge in [0, 0.05) is 17.6 Å². The van der Waals surface area contributed by atoms with Gasteiger partial charge in [0.1, 0.15) is 4.88 Å². The number of aromatic carboxylic acids is 1. The predicted octanol–water partition coefficient (Wildman–Crippen LogP) is 4.32. The van der Waals surface area contributed by atoms with E-state index in [1.807, 2.05) is 6.92 Å². The van der Waals surface area contributed by atoms with E-state index < -0.39 is 5.97 Å². The molecule has 0 aliphatic heterocycles. The highest BCUT2D eigenvalue weighted by Crippen LogP contribution is 2.26. The molecule has 0 aliphatic rings. The molecule has 21 heavy (non-hydrogen) atoms. The smallest absolute Gasteiger partial charge is 0.345 e. The van der Waals surface area contributed by atoms with E-state index in [-0.39, 0.29) is 0 Å². The van der Waals surface area contributed by atoms with Crippen LogP contribution in [-0.2, 0) is 13.0 Å². The SMILES string of the molecule is CCc1cccc2ccn(Cc3cc(C(=O)O)sc3C)c12. The van der Waals surface area contributed by atoms with E-state index in [0.717, 1.165) is 23.4 Å². The molecule has 108 valence electrons. The first kappa shape index (κ1) is 13.9. The second-order valence-electron chi connectivity index (χ2n) is 5.15. The average Bonchev–Trinajstić information content (AvgIpc) is 3.04. The Hall–Kier alpha value is -2.07. The molecule has 0 aliphatic carbocycles. The molecule has 0 spiro atoms. The fourth-order valence-electron chi connectivity index (χ4n) is 2.72. The van der Waals surface area contributed by atoms with Crippen LogP contribution in [-0.4, -0.2) is 15.6 Å². The van der Waals surface area contributed by atoms with E-state index in [0.29, 0.717) is 4.88 Å². The molecule has 3 rings (SSSR count). The van der Waals surface area contributed by atoms with Crippen molar-refractivity contribution in [1.82, 2.24) is 4.57 Å². The van der Waals surface area contributed by atoms with Gasteiger partial charge < -0.3 is 9.67 Å². The molecule has 2 heterocycles. The Bertz CT molecular complexity index is 813. The summed E-state index contributed by atoms with van der Waals surface area (Å²) in [7, 11) is 0. The number of carboxylic acids is 1. The van der Waals surface area contributed by atoms with Gasteiger partial charge in [-0.05, 0) is 42.0 Å². The third-order valence-electron chi connectivity index (χ3n) is 3.83. The largest absolute Gasteiger partial charge is 0.477 e. The summed E-state index contributed by atoms with van der Waals surface area (Å²) < 4.78 is 2.22. The number of aromatic nitrogens is 1. The van der Waals surface area contributed by atoms with Crippen LogP contribution in [0.5, 0.6) is 0 Å². The molecule has 0 atom stereocenters. The number of carbonyl (C=O) groups is 1. The van der Waals surface area contributed by atoms with Gasteiger partial charge in [0.05, 0.1) is 5.52 Å². The Balaban J connectivity index is 2.04. The third-order valence-corrected chi connectivity index (χ3v) is 4.91. The van der Waals surface area contributed by atoms with Gasteiger partial charge >= 0.3 is 5.97 Å². The van der Waals surface area contributed by atoms with Crippen molar-refractivity contribution in [1.29, 1.82) is 0 Å². The average molecular weight is 299 g/mol. The quantitative estimate of drug-likeness (QED) is 0.779. The highest BCUT2D eigenvalue weighted by Gasteiger charge is 2.13. The zero-order chi connectivity index (χ0) is 15.0. The highest BCUT2D eigenvalue weighted by atomic mass is 32.1. The number of benzene rings is 1. The maximum absolute atomic E-state index is 11.1. The molecular formula is C17H17NO2S. The Labute approximate surface area is 127 Å². The summed E-state index contributed by atoms with van der Waals surface area (Å²) in [6, 6.07) is 10.3. The predicted molar refractivity (Wildman–Crippen MR) is 86.4 cm³/mol. The monoisotopic (exact) mass is 299 g/mol. The second-order valence-corrected chi connectivity index (χ2v) is 6.41.